The first kappa shape index (κ1) is 22.2. The van der Waals surface area contributed by atoms with Crippen LogP contribution in [0.1, 0.15) is 36.2 Å². The Morgan fingerprint density at radius 3 is 2.47 bits per heavy atom. The van der Waals surface area contributed by atoms with Crippen molar-refractivity contribution in [1.29, 1.82) is 0 Å². The molecule has 6 nitrogen and oxygen atoms in total. The van der Waals surface area contributed by atoms with Gasteiger partial charge in [-0.1, -0.05) is 26.0 Å². The maximum absolute atomic E-state index is 13.3. The van der Waals surface area contributed by atoms with Gasteiger partial charge < -0.3 is 14.4 Å². The molecule has 3 rings (SSSR count). The van der Waals surface area contributed by atoms with E-state index in [4.69, 9.17) is 9.47 Å². The molecular weight excluding hydrogens is 402 g/mol. The molecule has 30 heavy (non-hydrogen) atoms. The second-order valence-electron chi connectivity index (χ2n) is 8.07. The van der Waals surface area contributed by atoms with Crippen LogP contribution < -0.4 is 9.47 Å². The highest BCUT2D eigenvalue weighted by Crippen LogP contribution is 2.24. The molecule has 0 aliphatic carbocycles. The van der Waals surface area contributed by atoms with Crippen molar-refractivity contribution < 1.29 is 22.7 Å². The monoisotopic (exact) mass is 431 g/mol. The molecule has 0 N–H and O–H groups in total. The molecule has 1 atom stereocenters. The molecule has 0 aromatic heterocycles. The van der Waals surface area contributed by atoms with Crippen LogP contribution in [-0.2, 0) is 16.4 Å². The van der Waals surface area contributed by atoms with E-state index >= 15 is 0 Å². The average molecular weight is 432 g/mol. The van der Waals surface area contributed by atoms with Crippen molar-refractivity contribution >= 4 is 15.7 Å². The van der Waals surface area contributed by atoms with E-state index in [1.165, 1.54) is 0 Å². The molecule has 2 aromatic carbocycles. The van der Waals surface area contributed by atoms with Gasteiger partial charge in [-0.3, -0.25) is 4.79 Å². The minimum Gasteiger partial charge on any atom is -0.497 e. The SMILES string of the molecule is COc1cccc(CN(C(=O)c2ccc(OCC(C)C)cc2)[C@@H]2CCS(=O)(=O)C2)c1. The number of carbonyl (C=O) groups is 1. The standard InChI is InChI=1S/C23H29NO5S/c1-17(2)15-29-21-9-7-19(8-10-21)23(25)24(20-11-12-30(26,27)16-20)14-18-5-4-6-22(13-18)28-3/h4-10,13,17,20H,11-12,14-16H2,1-3H3/t20-/m1/s1. The zero-order chi connectivity index (χ0) is 21.7. The average Bonchev–Trinajstić information content (AvgIpc) is 3.10. The van der Waals surface area contributed by atoms with Gasteiger partial charge in [0.1, 0.15) is 11.5 Å². The lowest BCUT2D eigenvalue weighted by atomic mass is 10.1. The van der Waals surface area contributed by atoms with E-state index < -0.39 is 9.84 Å². The Hall–Kier alpha value is -2.54. The Bertz CT molecular complexity index is 969. The first-order valence-electron chi connectivity index (χ1n) is 10.1. The Labute approximate surface area is 178 Å². The van der Waals surface area contributed by atoms with Crippen LogP contribution in [0.5, 0.6) is 11.5 Å². The van der Waals surface area contributed by atoms with Gasteiger partial charge in [-0.2, -0.15) is 0 Å². The minimum atomic E-state index is -3.12. The summed E-state index contributed by atoms with van der Waals surface area (Å²) < 4.78 is 35.1. The van der Waals surface area contributed by atoms with Crippen LogP contribution in [0.4, 0.5) is 0 Å². The molecule has 0 radical (unpaired) electrons. The summed E-state index contributed by atoms with van der Waals surface area (Å²) in [4.78, 5) is 15.0. The number of hydrogen-bond acceptors (Lipinski definition) is 5. The zero-order valence-electron chi connectivity index (χ0n) is 17.7. The molecule has 1 heterocycles. The Balaban J connectivity index is 1.82. The van der Waals surface area contributed by atoms with E-state index in [0.717, 1.165) is 5.56 Å². The number of nitrogens with zero attached hydrogens (tertiary/aromatic N) is 1. The maximum atomic E-state index is 13.3. The summed E-state index contributed by atoms with van der Waals surface area (Å²) in [6, 6.07) is 14.2. The zero-order valence-corrected chi connectivity index (χ0v) is 18.5. The summed E-state index contributed by atoms with van der Waals surface area (Å²) in [6.45, 7) is 5.07. The van der Waals surface area contributed by atoms with Crippen molar-refractivity contribution in [2.24, 2.45) is 5.92 Å². The highest BCUT2D eigenvalue weighted by molar-refractivity contribution is 7.91. The smallest absolute Gasteiger partial charge is 0.254 e. The van der Waals surface area contributed by atoms with Gasteiger partial charge in [-0.25, -0.2) is 8.42 Å². The van der Waals surface area contributed by atoms with Crippen LogP contribution in [0, 0.1) is 5.92 Å². The fourth-order valence-electron chi connectivity index (χ4n) is 3.48. The van der Waals surface area contributed by atoms with Crippen LogP contribution in [0.15, 0.2) is 48.5 Å². The van der Waals surface area contributed by atoms with Crippen molar-refractivity contribution in [2.75, 3.05) is 25.2 Å². The second-order valence-corrected chi connectivity index (χ2v) is 10.3. The summed E-state index contributed by atoms with van der Waals surface area (Å²) >= 11 is 0. The fourth-order valence-corrected chi connectivity index (χ4v) is 5.21. The number of hydrogen-bond donors (Lipinski definition) is 0. The predicted molar refractivity (Wildman–Crippen MR) is 117 cm³/mol. The van der Waals surface area contributed by atoms with Crippen molar-refractivity contribution in [3.8, 4) is 11.5 Å². The molecule has 1 aliphatic rings. The van der Waals surface area contributed by atoms with Gasteiger partial charge in [0.2, 0.25) is 0 Å². The molecule has 2 aromatic rings. The fraction of sp³-hybridized carbons (Fsp3) is 0.435. The van der Waals surface area contributed by atoms with Crippen LogP contribution in [-0.4, -0.2) is 50.5 Å². The number of carbonyl (C=O) groups excluding carboxylic acids is 1. The number of methoxy groups -OCH3 is 1. The summed E-state index contributed by atoms with van der Waals surface area (Å²) in [5.74, 6) is 1.75. The van der Waals surface area contributed by atoms with Crippen LogP contribution in [0.25, 0.3) is 0 Å². The molecule has 162 valence electrons. The van der Waals surface area contributed by atoms with E-state index in [0.29, 0.717) is 42.6 Å². The van der Waals surface area contributed by atoms with E-state index in [2.05, 4.69) is 13.8 Å². The van der Waals surface area contributed by atoms with Gasteiger partial charge in [0.15, 0.2) is 9.84 Å². The Morgan fingerprint density at radius 1 is 1.13 bits per heavy atom. The van der Waals surface area contributed by atoms with Crippen LogP contribution in [0.2, 0.25) is 0 Å². The Morgan fingerprint density at radius 2 is 1.87 bits per heavy atom. The van der Waals surface area contributed by atoms with Gasteiger partial charge >= 0.3 is 0 Å². The summed E-state index contributed by atoms with van der Waals surface area (Å²) in [6.07, 6.45) is 0.452. The molecule has 0 bridgehead atoms. The highest BCUT2D eigenvalue weighted by Gasteiger charge is 2.35. The van der Waals surface area contributed by atoms with E-state index in [1.807, 2.05) is 24.3 Å². The molecule has 1 aliphatic heterocycles. The first-order chi connectivity index (χ1) is 14.3. The second kappa shape index (κ2) is 9.51. The largest absolute Gasteiger partial charge is 0.497 e. The normalized spacial score (nSPS) is 17.7. The van der Waals surface area contributed by atoms with E-state index in [1.54, 1.807) is 36.3 Å². The van der Waals surface area contributed by atoms with Crippen molar-refractivity contribution in [3.05, 3.63) is 59.7 Å². The molecule has 0 saturated carbocycles. The minimum absolute atomic E-state index is 0.00169. The lowest BCUT2D eigenvalue weighted by molar-refractivity contribution is 0.0680. The predicted octanol–water partition coefficient (Wildman–Crippen LogP) is 3.56. The topological polar surface area (TPSA) is 72.9 Å². The van der Waals surface area contributed by atoms with E-state index in [9.17, 15) is 13.2 Å². The first-order valence-corrected chi connectivity index (χ1v) is 12.0. The van der Waals surface area contributed by atoms with E-state index in [-0.39, 0.29) is 23.5 Å². The van der Waals surface area contributed by atoms with Crippen molar-refractivity contribution in [1.82, 2.24) is 4.90 Å². The highest BCUT2D eigenvalue weighted by atomic mass is 32.2. The van der Waals surface area contributed by atoms with Gasteiger partial charge in [0.25, 0.3) is 5.91 Å². The number of benzene rings is 2. The van der Waals surface area contributed by atoms with Gasteiger partial charge in [0.05, 0.1) is 25.2 Å². The van der Waals surface area contributed by atoms with Crippen molar-refractivity contribution in [2.45, 2.75) is 32.9 Å². The van der Waals surface area contributed by atoms with Crippen LogP contribution in [0.3, 0.4) is 0 Å². The van der Waals surface area contributed by atoms with Gasteiger partial charge in [-0.15, -0.1) is 0 Å². The lowest BCUT2D eigenvalue weighted by Crippen LogP contribution is -2.40. The molecule has 1 fully saturated rings. The number of ether oxygens (including phenoxy) is 2. The summed E-state index contributed by atoms with van der Waals surface area (Å²) in [5.41, 5.74) is 1.41. The quantitative estimate of drug-likeness (QED) is 0.639. The Kier molecular flexibility index (Phi) is 7.02. The van der Waals surface area contributed by atoms with Crippen LogP contribution >= 0.6 is 0 Å². The maximum Gasteiger partial charge on any atom is 0.254 e. The molecule has 0 spiro atoms. The van der Waals surface area contributed by atoms with Crippen molar-refractivity contribution in [3.63, 3.8) is 0 Å². The summed E-state index contributed by atoms with van der Waals surface area (Å²) in [7, 11) is -1.53. The number of amides is 1. The molecule has 1 saturated heterocycles. The summed E-state index contributed by atoms with van der Waals surface area (Å²) in [5, 5.41) is 0. The third-order valence-electron chi connectivity index (χ3n) is 5.08. The number of sulfone groups is 1. The number of rotatable bonds is 8. The van der Waals surface area contributed by atoms with Gasteiger partial charge in [0, 0.05) is 18.2 Å². The molecular formula is C23H29NO5S. The lowest BCUT2D eigenvalue weighted by Gasteiger charge is -2.29. The third-order valence-corrected chi connectivity index (χ3v) is 6.83. The molecule has 7 heteroatoms. The molecule has 1 amide bonds. The van der Waals surface area contributed by atoms with Gasteiger partial charge in [-0.05, 0) is 54.3 Å². The molecule has 0 unspecified atom stereocenters. The third kappa shape index (κ3) is 5.75.